The standard InChI is InChI=1S/C15H21NO3/c1-9-7-6-8-11(10(9)2)16-13(17)12(14(18)19)15(3,4)5/h6-8,12H,1-5H3,(H,16,17)(H,18,19). The minimum atomic E-state index is -1.10. The van der Waals surface area contributed by atoms with Gasteiger partial charge in [0.25, 0.3) is 0 Å². The molecule has 1 unspecified atom stereocenters. The highest BCUT2D eigenvalue weighted by molar-refractivity contribution is 6.05. The largest absolute Gasteiger partial charge is 0.481 e. The summed E-state index contributed by atoms with van der Waals surface area (Å²) >= 11 is 0. The first-order chi connectivity index (χ1) is 8.64. The number of carbonyl (C=O) groups excluding carboxylic acids is 1. The molecule has 1 aromatic rings. The Morgan fingerprint density at radius 3 is 2.26 bits per heavy atom. The van der Waals surface area contributed by atoms with Gasteiger partial charge in [-0.15, -0.1) is 0 Å². The Labute approximate surface area is 113 Å². The quantitative estimate of drug-likeness (QED) is 0.824. The van der Waals surface area contributed by atoms with Crippen molar-refractivity contribution < 1.29 is 14.7 Å². The third kappa shape index (κ3) is 3.56. The molecule has 0 aliphatic carbocycles. The van der Waals surface area contributed by atoms with E-state index in [2.05, 4.69) is 5.32 Å². The van der Waals surface area contributed by atoms with Crippen LogP contribution in [0.2, 0.25) is 0 Å². The Morgan fingerprint density at radius 1 is 1.21 bits per heavy atom. The molecule has 0 saturated carbocycles. The Bertz CT molecular complexity index is 501. The van der Waals surface area contributed by atoms with Crippen LogP contribution in [0.1, 0.15) is 31.9 Å². The highest BCUT2D eigenvalue weighted by Gasteiger charge is 2.37. The molecular weight excluding hydrogens is 242 g/mol. The molecule has 0 bridgehead atoms. The van der Waals surface area contributed by atoms with Gasteiger partial charge in [-0.25, -0.2) is 0 Å². The summed E-state index contributed by atoms with van der Waals surface area (Å²) < 4.78 is 0. The molecule has 0 aromatic heterocycles. The number of anilines is 1. The van der Waals surface area contributed by atoms with Gasteiger partial charge in [-0.1, -0.05) is 32.9 Å². The molecule has 19 heavy (non-hydrogen) atoms. The summed E-state index contributed by atoms with van der Waals surface area (Å²) in [5, 5.41) is 11.9. The number of amides is 1. The average Bonchev–Trinajstić information content (AvgIpc) is 2.22. The molecule has 104 valence electrons. The molecule has 1 amide bonds. The minimum Gasteiger partial charge on any atom is -0.481 e. The number of aryl methyl sites for hydroxylation is 1. The van der Waals surface area contributed by atoms with Crippen LogP contribution >= 0.6 is 0 Å². The first-order valence-corrected chi connectivity index (χ1v) is 6.24. The van der Waals surface area contributed by atoms with Crippen LogP contribution < -0.4 is 5.32 Å². The third-order valence-electron chi connectivity index (χ3n) is 3.24. The van der Waals surface area contributed by atoms with Crippen molar-refractivity contribution in [1.82, 2.24) is 0 Å². The van der Waals surface area contributed by atoms with Crippen LogP contribution in [0.5, 0.6) is 0 Å². The van der Waals surface area contributed by atoms with Gasteiger partial charge in [0.15, 0.2) is 0 Å². The number of rotatable bonds is 3. The summed E-state index contributed by atoms with van der Waals surface area (Å²) in [4.78, 5) is 23.4. The zero-order valence-electron chi connectivity index (χ0n) is 12.1. The van der Waals surface area contributed by atoms with Crippen LogP contribution in [0.3, 0.4) is 0 Å². The second-order valence-electron chi connectivity index (χ2n) is 5.87. The van der Waals surface area contributed by atoms with E-state index in [-0.39, 0.29) is 0 Å². The molecule has 0 spiro atoms. The fourth-order valence-electron chi connectivity index (χ4n) is 1.97. The van der Waals surface area contributed by atoms with Gasteiger partial charge >= 0.3 is 5.97 Å². The zero-order chi connectivity index (χ0) is 14.8. The van der Waals surface area contributed by atoms with E-state index in [4.69, 9.17) is 0 Å². The maximum absolute atomic E-state index is 12.2. The predicted molar refractivity (Wildman–Crippen MR) is 75.1 cm³/mol. The summed E-state index contributed by atoms with van der Waals surface area (Å²) in [6.07, 6.45) is 0. The molecule has 0 aliphatic rings. The van der Waals surface area contributed by atoms with Gasteiger partial charge < -0.3 is 10.4 Å². The lowest BCUT2D eigenvalue weighted by Gasteiger charge is -2.26. The van der Waals surface area contributed by atoms with Crippen molar-refractivity contribution in [3.05, 3.63) is 29.3 Å². The topological polar surface area (TPSA) is 66.4 Å². The number of hydrogen-bond donors (Lipinski definition) is 2. The summed E-state index contributed by atoms with van der Waals surface area (Å²) in [5.74, 6) is -2.66. The highest BCUT2D eigenvalue weighted by atomic mass is 16.4. The number of carbonyl (C=O) groups is 2. The molecular formula is C15H21NO3. The van der Waals surface area contributed by atoms with Crippen molar-refractivity contribution in [2.45, 2.75) is 34.6 Å². The second-order valence-corrected chi connectivity index (χ2v) is 5.87. The molecule has 0 radical (unpaired) electrons. The number of aliphatic carboxylic acids is 1. The molecule has 1 atom stereocenters. The molecule has 2 N–H and O–H groups in total. The molecule has 0 fully saturated rings. The van der Waals surface area contributed by atoms with E-state index in [0.29, 0.717) is 5.69 Å². The average molecular weight is 263 g/mol. The van der Waals surface area contributed by atoms with Crippen molar-refractivity contribution in [1.29, 1.82) is 0 Å². The predicted octanol–water partition coefficient (Wildman–Crippen LogP) is 2.99. The van der Waals surface area contributed by atoms with E-state index >= 15 is 0 Å². The maximum atomic E-state index is 12.2. The smallest absolute Gasteiger partial charge is 0.316 e. The van der Waals surface area contributed by atoms with Crippen molar-refractivity contribution >= 4 is 17.6 Å². The summed E-state index contributed by atoms with van der Waals surface area (Å²) in [6.45, 7) is 9.08. The van der Waals surface area contributed by atoms with E-state index in [1.54, 1.807) is 26.8 Å². The zero-order valence-corrected chi connectivity index (χ0v) is 12.1. The van der Waals surface area contributed by atoms with Crippen molar-refractivity contribution in [2.75, 3.05) is 5.32 Å². The van der Waals surface area contributed by atoms with Crippen LogP contribution in [0, 0.1) is 25.2 Å². The van der Waals surface area contributed by atoms with Crippen LogP contribution in [0.15, 0.2) is 18.2 Å². The van der Waals surface area contributed by atoms with Gasteiger partial charge in [0.05, 0.1) is 0 Å². The van der Waals surface area contributed by atoms with Crippen molar-refractivity contribution in [3.63, 3.8) is 0 Å². The molecule has 4 nitrogen and oxygen atoms in total. The normalized spacial score (nSPS) is 12.9. The van der Waals surface area contributed by atoms with Gasteiger partial charge in [0, 0.05) is 5.69 Å². The van der Waals surface area contributed by atoms with Crippen LogP contribution in [-0.2, 0) is 9.59 Å². The lowest BCUT2D eigenvalue weighted by Crippen LogP contribution is -2.39. The molecule has 1 rings (SSSR count). The van der Waals surface area contributed by atoms with E-state index < -0.39 is 23.2 Å². The van der Waals surface area contributed by atoms with Crippen LogP contribution in [0.25, 0.3) is 0 Å². The maximum Gasteiger partial charge on any atom is 0.316 e. The molecule has 0 saturated heterocycles. The fraction of sp³-hybridized carbons (Fsp3) is 0.467. The molecule has 0 aliphatic heterocycles. The van der Waals surface area contributed by atoms with E-state index in [9.17, 15) is 14.7 Å². The van der Waals surface area contributed by atoms with Gasteiger partial charge in [-0.3, -0.25) is 9.59 Å². The number of hydrogen-bond acceptors (Lipinski definition) is 2. The van der Waals surface area contributed by atoms with E-state index in [0.717, 1.165) is 11.1 Å². The Morgan fingerprint density at radius 2 is 1.79 bits per heavy atom. The first-order valence-electron chi connectivity index (χ1n) is 6.24. The number of benzene rings is 1. The monoisotopic (exact) mass is 263 g/mol. The lowest BCUT2D eigenvalue weighted by atomic mass is 9.80. The third-order valence-corrected chi connectivity index (χ3v) is 3.24. The first kappa shape index (κ1) is 15.2. The van der Waals surface area contributed by atoms with Crippen LogP contribution in [0.4, 0.5) is 5.69 Å². The van der Waals surface area contributed by atoms with Gasteiger partial charge in [0.2, 0.25) is 5.91 Å². The molecule has 1 aromatic carbocycles. The SMILES string of the molecule is Cc1cccc(NC(=O)C(C(=O)O)C(C)(C)C)c1C. The second kappa shape index (κ2) is 5.43. The number of carboxylic acids is 1. The van der Waals surface area contributed by atoms with E-state index in [1.807, 2.05) is 26.0 Å². The minimum absolute atomic E-state index is 0.478. The Kier molecular flexibility index (Phi) is 4.35. The highest BCUT2D eigenvalue weighted by Crippen LogP contribution is 2.28. The van der Waals surface area contributed by atoms with Gasteiger partial charge in [0.1, 0.15) is 5.92 Å². The number of carboxylic acid groups (broad SMARTS) is 1. The Hall–Kier alpha value is -1.84. The fourth-order valence-corrected chi connectivity index (χ4v) is 1.97. The molecule has 0 heterocycles. The Balaban J connectivity index is 3.01. The number of nitrogens with one attached hydrogen (secondary N) is 1. The van der Waals surface area contributed by atoms with Crippen molar-refractivity contribution in [3.8, 4) is 0 Å². The van der Waals surface area contributed by atoms with E-state index in [1.165, 1.54) is 0 Å². The summed E-state index contributed by atoms with van der Waals surface area (Å²) in [5.41, 5.74) is 2.04. The lowest BCUT2D eigenvalue weighted by molar-refractivity contribution is -0.149. The summed E-state index contributed by atoms with van der Waals surface area (Å²) in [6, 6.07) is 5.57. The van der Waals surface area contributed by atoms with Crippen LogP contribution in [-0.4, -0.2) is 17.0 Å². The molecule has 4 heteroatoms. The van der Waals surface area contributed by atoms with Crippen molar-refractivity contribution in [2.24, 2.45) is 11.3 Å². The summed E-state index contributed by atoms with van der Waals surface area (Å²) in [7, 11) is 0. The van der Waals surface area contributed by atoms with Gasteiger partial charge in [-0.2, -0.15) is 0 Å². The van der Waals surface area contributed by atoms with Gasteiger partial charge in [-0.05, 0) is 36.5 Å².